The van der Waals surface area contributed by atoms with Crippen molar-refractivity contribution < 1.29 is 9.53 Å². The molecule has 74 valence electrons. The molecule has 0 heterocycles. The Kier molecular flexibility index (Phi) is 3.89. The van der Waals surface area contributed by atoms with Gasteiger partial charge in [0.25, 0.3) is 0 Å². The van der Waals surface area contributed by atoms with Crippen molar-refractivity contribution in [1.82, 2.24) is 0 Å². The van der Waals surface area contributed by atoms with Crippen molar-refractivity contribution in [2.45, 2.75) is 6.92 Å². The highest BCUT2D eigenvalue weighted by molar-refractivity contribution is 9.10. The average Bonchev–Trinajstić information content (AvgIpc) is 2.15. The van der Waals surface area contributed by atoms with E-state index in [1.807, 2.05) is 0 Å². The van der Waals surface area contributed by atoms with Crippen LogP contribution in [0, 0.1) is 0 Å². The zero-order chi connectivity index (χ0) is 10.6. The third-order valence-corrected chi connectivity index (χ3v) is 2.31. The lowest BCUT2D eigenvalue weighted by molar-refractivity contribution is 0.101. The van der Waals surface area contributed by atoms with E-state index in [1.165, 1.54) is 6.92 Å². The number of hydrogen-bond donors (Lipinski definition) is 0. The van der Waals surface area contributed by atoms with Gasteiger partial charge in [-0.1, -0.05) is 12.7 Å². The third kappa shape index (κ3) is 2.70. The number of ether oxygens (including phenoxy) is 1. The van der Waals surface area contributed by atoms with E-state index in [2.05, 4.69) is 22.5 Å². The maximum atomic E-state index is 11.0. The van der Waals surface area contributed by atoms with Crippen molar-refractivity contribution in [3.8, 4) is 5.75 Å². The lowest BCUT2D eigenvalue weighted by Gasteiger charge is -2.06. The Labute approximate surface area is 91.7 Å². The fraction of sp³-hybridized carbons (Fsp3) is 0.182. The fourth-order valence-electron chi connectivity index (χ4n) is 0.986. The molecule has 0 aromatic heterocycles. The van der Waals surface area contributed by atoms with Crippen LogP contribution in [-0.4, -0.2) is 12.4 Å². The highest BCUT2D eigenvalue weighted by atomic mass is 79.9. The van der Waals surface area contributed by atoms with Crippen LogP contribution in [0.4, 0.5) is 0 Å². The summed E-state index contributed by atoms with van der Waals surface area (Å²) >= 11 is 3.33. The van der Waals surface area contributed by atoms with Gasteiger partial charge in [0.2, 0.25) is 0 Å². The molecule has 0 fully saturated rings. The minimum atomic E-state index is 0.0426. The molecule has 0 bridgehead atoms. The summed E-state index contributed by atoms with van der Waals surface area (Å²) in [4.78, 5) is 11.0. The van der Waals surface area contributed by atoms with Gasteiger partial charge >= 0.3 is 0 Å². The Morgan fingerprint density at radius 2 is 2.36 bits per heavy atom. The van der Waals surface area contributed by atoms with Gasteiger partial charge in [0.15, 0.2) is 5.78 Å². The SMILES string of the molecule is C=CCOc1ccc(C(C)=O)cc1Br. The second kappa shape index (κ2) is 4.96. The molecule has 0 saturated carbocycles. The van der Waals surface area contributed by atoms with Crippen molar-refractivity contribution in [3.63, 3.8) is 0 Å². The molecule has 14 heavy (non-hydrogen) atoms. The number of Topliss-reactive ketones (excluding diaryl/α,β-unsaturated/α-hetero) is 1. The molecular formula is C11H11BrO2. The molecule has 0 amide bonds. The minimum absolute atomic E-state index is 0.0426. The van der Waals surface area contributed by atoms with Crippen LogP contribution in [0.5, 0.6) is 5.75 Å². The van der Waals surface area contributed by atoms with Gasteiger partial charge in [-0.25, -0.2) is 0 Å². The van der Waals surface area contributed by atoms with E-state index in [4.69, 9.17) is 4.74 Å². The van der Waals surface area contributed by atoms with Gasteiger partial charge in [0.05, 0.1) is 4.47 Å². The fourth-order valence-corrected chi connectivity index (χ4v) is 1.48. The Hall–Kier alpha value is -1.09. The molecule has 2 nitrogen and oxygen atoms in total. The smallest absolute Gasteiger partial charge is 0.159 e. The third-order valence-electron chi connectivity index (χ3n) is 1.70. The highest BCUT2D eigenvalue weighted by Crippen LogP contribution is 2.26. The maximum Gasteiger partial charge on any atom is 0.159 e. The normalized spacial score (nSPS) is 9.57. The number of rotatable bonds is 4. The second-order valence-electron chi connectivity index (χ2n) is 2.80. The summed E-state index contributed by atoms with van der Waals surface area (Å²) in [6, 6.07) is 5.26. The van der Waals surface area contributed by atoms with Crippen molar-refractivity contribution in [3.05, 3.63) is 40.9 Å². The topological polar surface area (TPSA) is 26.3 Å². The molecule has 0 unspecified atom stereocenters. The first-order valence-corrected chi connectivity index (χ1v) is 4.98. The van der Waals surface area contributed by atoms with Crippen molar-refractivity contribution in [1.29, 1.82) is 0 Å². The largest absolute Gasteiger partial charge is 0.488 e. The summed E-state index contributed by atoms with van der Waals surface area (Å²) < 4.78 is 6.13. The molecule has 1 aromatic carbocycles. The van der Waals surface area contributed by atoms with Crippen LogP contribution in [0.15, 0.2) is 35.3 Å². The van der Waals surface area contributed by atoms with Crippen LogP contribution in [0.1, 0.15) is 17.3 Å². The molecule has 1 aromatic rings. The first-order valence-electron chi connectivity index (χ1n) is 4.19. The molecule has 0 spiro atoms. The molecule has 0 atom stereocenters. The summed E-state index contributed by atoms with van der Waals surface area (Å²) in [7, 11) is 0. The van der Waals surface area contributed by atoms with E-state index < -0.39 is 0 Å². The van der Waals surface area contributed by atoms with E-state index in [-0.39, 0.29) is 5.78 Å². The van der Waals surface area contributed by atoms with Crippen LogP contribution in [0.3, 0.4) is 0 Å². The van der Waals surface area contributed by atoms with E-state index in [0.717, 1.165) is 10.2 Å². The van der Waals surface area contributed by atoms with Gasteiger partial charge < -0.3 is 4.74 Å². The first-order chi connectivity index (χ1) is 6.65. The number of carbonyl (C=O) groups excluding carboxylic acids is 1. The van der Waals surface area contributed by atoms with Crippen molar-refractivity contribution in [2.24, 2.45) is 0 Å². The monoisotopic (exact) mass is 254 g/mol. The number of halogens is 1. The summed E-state index contributed by atoms with van der Waals surface area (Å²) in [6.45, 7) is 5.55. The number of ketones is 1. The van der Waals surface area contributed by atoms with Crippen LogP contribution in [-0.2, 0) is 0 Å². The molecule has 0 aliphatic heterocycles. The Balaban J connectivity index is 2.89. The van der Waals surface area contributed by atoms with Gasteiger partial charge in [-0.2, -0.15) is 0 Å². The summed E-state index contributed by atoms with van der Waals surface area (Å²) in [5, 5.41) is 0. The van der Waals surface area contributed by atoms with Crippen LogP contribution in [0.2, 0.25) is 0 Å². The zero-order valence-corrected chi connectivity index (χ0v) is 9.50. The van der Waals surface area contributed by atoms with Gasteiger partial charge in [-0.3, -0.25) is 4.79 Å². The molecule has 1 rings (SSSR count). The highest BCUT2D eigenvalue weighted by Gasteiger charge is 2.04. The first kappa shape index (κ1) is 11.0. The van der Waals surface area contributed by atoms with Crippen LogP contribution < -0.4 is 4.74 Å². The molecule has 0 radical (unpaired) electrons. The van der Waals surface area contributed by atoms with Crippen LogP contribution in [0.25, 0.3) is 0 Å². The Morgan fingerprint density at radius 3 is 2.86 bits per heavy atom. The standard InChI is InChI=1S/C11H11BrO2/c1-3-6-14-11-5-4-9(8(2)13)7-10(11)12/h3-5,7H,1,6H2,2H3. The van der Waals surface area contributed by atoms with Crippen molar-refractivity contribution >= 4 is 21.7 Å². The summed E-state index contributed by atoms with van der Waals surface area (Å²) in [6.07, 6.45) is 1.67. The molecule has 0 aliphatic rings. The maximum absolute atomic E-state index is 11.0. The number of carbonyl (C=O) groups is 1. The molecular weight excluding hydrogens is 244 g/mol. The van der Waals surface area contributed by atoms with E-state index in [9.17, 15) is 4.79 Å². The molecule has 0 N–H and O–H groups in total. The molecule has 3 heteroatoms. The predicted molar refractivity (Wildman–Crippen MR) is 59.8 cm³/mol. The van der Waals surface area contributed by atoms with E-state index >= 15 is 0 Å². The molecule has 0 aliphatic carbocycles. The van der Waals surface area contributed by atoms with Gasteiger partial charge in [-0.15, -0.1) is 0 Å². The second-order valence-corrected chi connectivity index (χ2v) is 3.66. The van der Waals surface area contributed by atoms with Crippen molar-refractivity contribution in [2.75, 3.05) is 6.61 Å². The lowest BCUT2D eigenvalue weighted by atomic mass is 10.1. The average molecular weight is 255 g/mol. The summed E-state index contributed by atoms with van der Waals surface area (Å²) in [5.41, 5.74) is 0.669. The van der Waals surface area contributed by atoms with Gasteiger partial charge in [0.1, 0.15) is 12.4 Å². The van der Waals surface area contributed by atoms with Crippen LogP contribution >= 0.6 is 15.9 Å². The Bertz CT molecular complexity index is 358. The quantitative estimate of drug-likeness (QED) is 0.610. The number of benzene rings is 1. The van der Waals surface area contributed by atoms with E-state index in [0.29, 0.717) is 12.2 Å². The minimum Gasteiger partial charge on any atom is -0.488 e. The zero-order valence-electron chi connectivity index (χ0n) is 7.92. The Morgan fingerprint density at radius 1 is 1.64 bits per heavy atom. The molecule has 0 saturated heterocycles. The van der Waals surface area contributed by atoms with Gasteiger partial charge in [-0.05, 0) is 41.1 Å². The predicted octanol–water partition coefficient (Wildman–Crippen LogP) is 3.22. The van der Waals surface area contributed by atoms with Gasteiger partial charge in [0, 0.05) is 5.56 Å². The van der Waals surface area contributed by atoms with E-state index in [1.54, 1.807) is 24.3 Å². The summed E-state index contributed by atoms with van der Waals surface area (Å²) in [5.74, 6) is 0.760. The number of hydrogen-bond acceptors (Lipinski definition) is 2. The lowest BCUT2D eigenvalue weighted by Crippen LogP contribution is -1.96.